The normalized spacial score (nSPS) is 21.8. The average molecular weight is 378 g/mol. The van der Waals surface area contributed by atoms with Gasteiger partial charge in [-0.25, -0.2) is 9.18 Å². The van der Waals surface area contributed by atoms with Crippen molar-refractivity contribution in [3.8, 4) is 0 Å². The van der Waals surface area contributed by atoms with E-state index in [1.54, 1.807) is 24.1 Å². The molecule has 0 spiro atoms. The van der Waals surface area contributed by atoms with E-state index in [2.05, 4.69) is 5.10 Å². The first-order chi connectivity index (χ1) is 12.4. The van der Waals surface area contributed by atoms with Gasteiger partial charge in [0.15, 0.2) is 0 Å². The number of hydrogen-bond acceptors (Lipinski definition) is 4. The molecule has 2 aromatic rings. The lowest BCUT2D eigenvalue weighted by atomic mass is 9.95. The van der Waals surface area contributed by atoms with E-state index in [4.69, 9.17) is 16.3 Å². The molecule has 1 amide bonds. The summed E-state index contributed by atoms with van der Waals surface area (Å²) in [6, 6.07) is 1.66. The lowest BCUT2D eigenvalue weighted by molar-refractivity contribution is -0.146. The number of fused-ring (bicyclic) bond motifs is 3. The fourth-order valence-electron chi connectivity index (χ4n) is 3.83. The maximum Gasteiger partial charge on any atom is 0.328 e. The summed E-state index contributed by atoms with van der Waals surface area (Å²) in [4.78, 5) is 27.0. The fourth-order valence-corrected chi connectivity index (χ4v) is 4.13. The van der Waals surface area contributed by atoms with E-state index in [0.717, 1.165) is 5.56 Å². The van der Waals surface area contributed by atoms with E-state index in [-0.39, 0.29) is 23.9 Å². The van der Waals surface area contributed by atoms with Crippen molar-refractivity contribution in [1.29, 1.82) is 0 Å². The number of esters is 1. The Morgan fingerprint density at radius 1 is 1.50 bits per heavy atom. The molecule has 0 N–H and O–H groups in total. The summed E-state index contributed by atoms with van der Waals surface area (Å²) in [7, 11) is 3.05. The third-order valence-corrected chi connectivity index (χ3v) is 5.40. The monoisotopic (exact) mass is 377 g/mol. The van der Waals surface area contributed by atoms with Gasteiger partial charge >= 0.3 is 5.97 Å². The molecule has 1 unspecified atom stereocenters. The molecule has 2 heterocycles. The number of benzene rings is 1. The topological polar surface area (TPSA) is 64.4 Å². The highest BCUT2D eigenvalue weighted by atomic mass is 35.5. The van der Waals surface area contributed by atoms with Gasteiger partial charge in [0.25, 0.3) is 5.91 Å². The summed E-state index contributed by atoms with van der Waals surface area (Å²) >= 11 is 6.21. The minimum absolute atomic E-state index is 0.0312. The lowest BCUT2D eigenvalue weighted by Gasteiger charge is -2.34. The smallest absolute Gasteiger partial charge is 0.328 e. The van der Waals surface area contributed by atoms with E-state index >= 15 is 0 Å². The number of aryl methyl sites for hydroxylation is 1. The molecule has 3 atom stereocenters. The van der Waals surface area contributed by atoms with Crippen molar-refractivity contribution in [2.75, 3.05) is 7.11 Å². The molecule has 26 heavy (non-hydrogen) atoms. The van der Waals surface area contributed by atoms with Crippen molar-refractivity contribution in [3.05, 3.63) is 52.1 Å². The molecule has 2 aliphatic rings. The van der Waals surface area contributed by atoms with Crippen molar-refractivity contribution in [2.24, 2.45) is 7.05 Å². The second-order valence-electron chi connectivity index (χ2n) is 6.71. The van der Waals surface area contributed by atoms with Crippen LogP contribution in [0.5, 0.6) is 0 Å². The summed E-state index contributed by atoms with van der Waals surface area (Å²) in [6.45, 7) is 0. The molecule has 1 fully saturated rings. The number of rotatable bonds is 4. The molecule has 0 bridgehead atoms. The number of amides is 1. The van der Waals surface area contributed by atoms with Crippen LogP contribution in [-0.2, 0) is 23.0 Å². The van der Waals surface area contributed by atoms with Crippen LogP contribution >= 0.6 is 11.6 Å². The first-order valence-electron chi connectivity index (χ1n) is 8.28. The zero-order valence-electron chi connectivity index (χ0n) is 14.3. The van der Waals surface area contributed by atoms with E-state index < -0.39 is 23.7 Å². The molecule has 6 nitrogen and oxygen atoms in total. The standard InChI is InChI=1S/C18H17ClFN3O3/c1-22-8-9(7-21-22)5-14(18(25)26-2)23-13-6-10(13)15-11(19)3-4-12(20)16(15)17(23)24/h3-4,7-8,10,13-14H,5-6H2,1-2H3/t10-,13+,14?/m0/s1. The highest BCUT2D eigenvalue weighted by Gasteiger charge is 2.55. The Morgan fingerprint density at radius 2 is 2.27 bits per heavy atom. The van der Waals surface area contributed by atoms with Gasteiger partial charge in [0.1, 0.15) is 11.9 Å². The summed E-state index contributed by atoms with van der Waals surface area (Å²) in [5.41, 5.74) is 1.32. The van der Waals surface area contributed by atoms with Crippen molar-refractivity contribution in [2.45, 2.75) is 30.8 Å². The zero-order chi connectivity index (χ0) is 18.6. The van der Waals surface area contributed by atoms with Crippen LogP contribution in [0.2, 0.25) is 5.02 Å². The predicted octanol–water partition coefficient (Wildman–Crippen LogP) is 2.31. The zero-order valence-corrected chi connectivity index (χ0v) is 15.0. The predicted molar refractivity (Wildman–Crippen MR) is 91.4 cm³/mol. The third kappa shape index (κ3) is 2.58. The third-order valence-electron chi connectivity index (χ3n) is 5.07. The van der Waals surface area contributed by atoms with Crippen LogP contribution < -0.4 is 0 Å². The maximum absolute atomic E-state index is 14.4. The summed E-state index contributed by atoms with van der Waals surface area (Å²) in [5, 5.41) is 4.49. The number of nitrogens with zero attached hydrogens (tertiary/aromatic N) is 3. The average Bonchev–Trinajstić information content (AvgIpc) is 3.29. The second-order valence-corrected chi connectivity index (χ2v) is 7.11. The van der Waals surface area contributed by atoms with Gasteiger partial charge < -0.3 is 9.64 Å². The van der Waals surface area contributed by atoms with Crippen LogP contribution in [0.1, 0.15) is 33.8 Å². The quantitative estimate of drug-likeness (QED) is 0.767. The van der Waals surface area contributed by atoms with Crippen LogP contribution in [0.25, 0.3) is 0 Å². The molecule has 0 radical (unpaired) electrons. The molecule has 1 aliphatic heterocycles. The summed E-state index contributed by atoms with van der Waals surface area (Å²) in [5.74, 6) is -1.71. The van der Waals surface area contributed by atoms with Crippen LogP contribution in [0, 0.1) is 5.82 Å². The van der Waals surface area contributed by atoms with Crippen molar-refractivity contribution >= 4 is 23.5 Å². The molecule has 1 aromatic carbocycles. The molecule has 136 valence electrons. The Labute approximate surface area is 154 Å². The number of carbonyl (C=O) groups excluding carboxylic acids is 2. The van der Waals surface area contributed by atoms with Crippen LogP contribution in [-0.4, -0.2) is 45.8 Å². The lowest BCUT2D eigenvalue weighted by Crippen LogP contribution is -2.50. The first kappa shape index (κ1) is 17.0. The largest absolute Gasteiger partial charge is 0.467 e. The molecule has 1 aliphatic carbocycles. The van der Waals surface area contributed by atoms with Gasteiger partial charge in [0.2, 0.25) is 0 Å². The van der Waals surface area contributed by atoms with E-state index in [1.165, 1.54) is 24.1 Å². The highest BCUT2D eigenvalue weighted by molar-refractivity contribution is 6.32. The van der Waals surface area contributed by atoms with Gasteiger partial charge in [-0.15, -0.1) is 0 Å². The Balaban J connectivity index is 1.74. The summed E-state index contributed by atoms with van der Waals surface area (Å²) < 4.78 is 21.0. The van der Waals surface area contributed by atoms with Crippen LogP contribution in [0.4, 0.5) is 4.39 Å². The number of carbonyl (C=O) groups is 2. The molecule has 4 rings (SSSR count). The summed E-state index contributed by atoms with van der Waals surface area (Å²) in [6.07, 6.45) is 4.33. The highest BCUT2D eigenvalue weighted by Crippen LogP contribution is 2.53. The minimum atomic E-state index is -0.835. The molecular weight excluding hydrogens is 361 g/mol. The molecule has 0 saturated heterocycles. The Bertz CT molecular complexity index is 913. The van der Waals surface area contributed by atoms with Gasteiger partial charge in [0.05, 0.1) is 18.9 Å². The van der Waals surface area contributed by atoms with Crippen molar-refractivity contribution in [1.82, 2.24) is 14.7 Å². The van der Waals surface area contributed by atoms with Crippen molar-refractivity contribution in [3.63, 3.8) is 0 Å². The first-order valence-corrected chi connectivity index (χ1v) is 8.66. The number of ether oxygens (including phenoxy) is 1. The SMILES string of the molecule is COC(=O)C(Cc1cnn(C)c1)N1C(=O)c2c(F)ccc(Cl)c2[C@H]2C[C@H]21. The van der Waals surface area contributed by atoms with Gasteiger partial charge in [-0.3, -0.25) is 9.48 Å². The molecule has 1 aromatic heterocycles. The Kier molecular flexibility index (Phi) is 3.99. The van der Waals surface area contributed by atoms with Crippen LogP contribution in [0.15, 0.2) is 24.5 Å². The number of halogens is 2. The van der Waals surface area contributed by atoms with Gasteiger partial charge in [0, 0.05) is 36.6 Å². The van der Waals surface area contributed by atoms with E-state index in [9.17, 15) is 14.0 Å². The number of hydrogen-bond donors (Lipinski definition) is 0. The van der Waals surface area contributed by atoms with Crippen molar-refractivity contribution < 1.29 is 18.7 Å². The second kappa shape index (κ2) is 6.09. The number of methoxy groups -OCH3 is 1. The Morgan fingerprint density at radius 3 is 2.92 bits per heavy atom. The Hall–Kier alpha value is -2.41. The molecule has 1 saturated carbocycles. The maximum atomic E-state index is 14.4. The number of aromatic nitrogens is 2. The van der Waals surface area contributed by atoms with E-state index in [0.29, 0.717) is 17.0 Å². The fraction of sp³-hybridized carbons (Fsp3) is 0.389. The minimum Gasteiger partial charge on any atom is -0.467 e. The van der Waals surface area contributed by atoms with Gasteiger partial charge in [-0.1, -0.05) is 11.6 Å². The molecular formula is C18H17ClFN3O3. The van der Waals surface area contributed by atoms with Gasteiger partial charge in [-0.05, 0) is 29.7 Å². The van der Waals surface area contributed by atoms with Crippen LogP contribution in [0.3, 0.4) is 0 Å². The van der Waals surface area contributed by atoms with E-state index in [1.807, 2.05) is 0 Å². The van der Waals surface area contributed by atoms with Gasteiger partial charge in [-0.2, -0.15) is 5.10 Å². The molecule has 8 heteroatoms.